The highest BCUT2D eigenvalue weighted by molar-refractivity contribution is 7.73. The van der Waals surface area contributed by atoms with Crippen molar-refractivity contribution >= 4 is 52.6 Å². The summed E-state index contributed by atoms with van der Waals surface area (Å²) in [6, 6.07) is 42.6. The minimum absolute atomic E-state index is 0.123. The Morgan fingerprint density at radius 1 is 0.764 bits per heavy atom. The van der Waals surface area contributed by atoms with Crippen LogP contribution in [0, 0.1) is 3.95 Å². The molecule has 0 saturated heterocycles. The van der Waals surface area contributed by atoms with E-state index in [-0.39, 0.29) is 18.2 Å². The first kappa shape index (κ1) is 38.4. The van der Waals surface area contributed by atoms with E-state index in [1.807, 2.05) is 97.1 Å². The molecule has 0 aliphatic rings. The molecule has 3 amide bonds. The minimum atomic E-state index is -1.58. The average Bonchev–Trinajstić information content (AvgIpc) is 3.64. The van der Waals surface area contributed by atoms with Crippen molar-refractivity contribution in [1.82, 2.24) is 20.4 Å². The number of anilines is 1. The summed E-state index contributed by atoms with van der Waals surface area (Å²) in [5.74, 6) is -2.81. The number of aliphatic carboxylic acids is 1. The van der Waals surface area contributed by atoms with Crippen LogP contribution in [0.2, 0.25) is 0 Å². The maximum Gasteiger partial charge on any atom is 0.417 e. The molecule has 1 aromatic heterocycles. The number of carbonyl (C=O) groups excluding carboxylic acids is 3. The highest BCUT2D eigenvalue weighted by Gasteiger charge is 2.45. The van der Waals surface area contributed by atoms with E-state index in [0.29, 0.717) is 15.1 Å². The average molecular weight is 772 g/mol. The number of aromatic nitrogens is 2. The van der Waals surface area contributed by atoms with Crippen LogP contribution in [-0.4, -0.2) is 50.1 Å². The number of hydrogen-bond acceptors (Lipinski definition) is 9. The van der Waals surface area contributed by atoms with Gasteiger partial charge in [0.05, 0.1) is 11.6 Å². The van der Waals surface area contributed by atoms with E-state index in [4.69, 9.17) is 17.0 Å². The quantitative estimate of drug-likeness (QED) is 0.0604. The van der Waals surface area contributed by atoms with Crippen molar-refractivity contribution in [3.63, 3.8) is 0 Å². The fraction of sp³-hybridized carbons (Fsp3) is 0.143. The van der Waals surface area contributed by atoms with Gasteiger partial charge in [-0.15, -0.1) is 5.10 Å². The molecule has 0 saturated carbocycles. The third kappa shape index (κ3) is 9.27. The summed E-state index contributed by atoms with van der Waals surface area (Å²) < 4.78 is 6.09. The summed E-state index contributed by atoms with van der Waals surface area (Å²) >= 11 is 6.17. The number of nitrogens with zero attached hydrogens (tertiary/aromatic N) is 2. The Balaban J connectivity index is 1.52. The second-order valence-corrected chi connectivity index (χ2v) is 14.1. The zero-order valence-corrected chi connectivity index (χ0v) is 31.0. The summed E-state index contributed by atoms with van der Waals surface area (Å²) in [6.07, 6.45) is -1.81. The molecule has 6 rings (SSSR count). The van der Waals surface area contributed by atoms with E-state index in [9.17, 15) is 19.5 Å². The summed E-state index contributed by atoms with van der Waals surface area (Å²) in [4.78, 5) is 57.2. The van der Waals surface area contributed by atoms with E-state index in [2.05, 4.69) is 20.8 Å². The van der Waals surface area contributed by atoms with Gasteiger partial charge in [-0.3, -0.25) is 30.1 Å². The van der Waals surface area contributed by atoms with Gasteiger partial charge in [0.1, 0.15) is 12.6 Å². The molecule has 11 nitrogen and oxygen atoms in total. The third-order valence-electron chi connectivity index (χ3n) is 8.89. The van der Waals surface area contributed by atoms with Crippen LogP contribution in [-0.2, 0) is 31.3 Å². The van der Waals surface area contributed by atoms with E-state index in [1.54, 1.807) is 54.6 Å². The van der Waals surface area contributed by atoms with Crippen LogP contribution in [0.25, 0.3) is 0 Å². The van der Waals surface area contributed by atoms with Crippen LogP contribution in [0.1, 0.15) is 46.7 Å². The number of aromatic amines is 1. The van der Waals surface area contributed by atoms with Crippen LogP contribution >= 0.6 is 23.6 Å². The van der Waals surface area contributed by atoms with Gasteiger partial charge in [0.25, 0.3) is 5.91 Å². The van der Waals surface area contributed by atoms with Crippen molar-refractivity contribution < 1.29 is 29.0 Å². The summed E-state index contributed by atoms with van der Waals surface area (Å²) in [7, 11) is 0. The Labute approximate surface area is 326 Å². The van der Waals surface area contributed by atoms with Gasteiger partial charge in [-0.1, -0.05) is 163 Å². The largest absolute Gasteiger partial charge is 0.481 e. The smallest absolute Gasteiger partial charge is 0.417 e. The number of nitrogens with one attached hydrogen (secondary N) is 3. The molecule has 55 heavy (non-hydrogen) atoms. The Hall–Kier alpha value is -6.28. The van der Waals surface area contributed by atoms with Crippen molar-refractivity contribution in [3.8, 4) is 0 Å². The molecule has 278 valence electrons. The van der Waals surface area contributed by atoms with Crippen molar-refractivity contribution in [2.45, 2.75) is 37.1 Å². The maximum atomic E-state index is 15.4. The number of carboxylic acids is 1. The van der Waals surface area contributed by atoms with Crippen molar-refractivity contribution in [3.05, 3.63) is 183 Å². The molecule has 0 aliphatic heterocycles. The number of H-pyrrole nitrogens is 1. The normalized spacial score (nSPS) is 12.2. The van der Waals surface area contributed by atoms with E-state index < -0.39 is 47.9 Å². The predicted octanol–water partition coefficient (Wildman–Crippen LogP) is 7.86. The summed E-state index contributed by atoms with van der Waals surface area (Å²) in [5.41, 5.74) is 1.93. The lowest BCUT2D eigenvalue weighted by molar-refractivity contribution is -0.140. The van der Waals surface area contributed by atoms with Crippen molar-refractivity contribution in [2.24, 2.45) is 0 Å². The van der Waals surface area contributed by atoms with Crippen LogP contribution in [0.15, 0.2) is 152 Å². The first-order chi connectivity index (χ1) is 26.8. The second kappa shape index (κ2) is 18.2. The zero-order chi connectivity index (χ0) is 38.6. The molecule has 13 heteroatoms. The van der Waals surface area contributed by atoms with Gasteiger partial charge in [0.2, 0.25) is 11.0 Å². The molecule has 0 bridgehead atoms. The van der Waals surface area contributed by atoms with Crippen LogP contribution in [0.4, 0.5) is 9.93 Å². The number of carbonyl (C=O) groups is 4. The molecular formula is C42H37N5O6S2. The number of ether oxygens (including phenoxy) is 1. The molecule has 1 heterocycles. The topological polar surface area (TPSA) is 154 Å². The van der Waals surface area contributed by atoms with E-state index in [0.717, 1.165) is 32.9 Å². The highest BCUT2D eigenvalue weighted by atomic mass is 32.1. The second-order valence-electron chi connectivity index (χ2n) is 12.4. The highest BCUT2D eigenvalue weighted by Crippen LogP contribution is 2.38. The third-order valence-corrected chi connectivity index (χ3v) is 9.89. The number of rotatable bonds is 15. The first-order valence-corrected chi connectivity index (χ1v) is 18.6. The molecule has 0 spiro atoms. The van der Waals surface area contributed by atoms with Gasteiger partial charge in [-0.05, 0) is 46.5 Å². The molecule has 4 N–H and O–H groups in total. The van der Waals surface area contributed by atoms with Gasteiger partial charge in [-0.25, -0.2) is 9.69 Å². The first-order valence-electron chi connectivity index (χ1n) is 17.4. The van der Waals surface area contributed by atoms with E-state index in [1.165, 1.54) is 0 Å². The summed E-state index contributed by atoms with van der Waals surface area (Å²) in [6.45, 7) is -0.206. The van der Waals surface area contributed by atoms with Crippen LogP contribution < -0.4 is 10.6 Å². The molecule has 1 unspecified atom stereocenters. The van der Waals surface area contributed by atoms with Crippen molar-refractivity contribution in [1.29, 1.82) is 0 Å². The van der Waals surface area contributed by atoms with Gasteiger partial charge in [0, 0.05) is 6.42 Å². The van der Waals surface area contributed by atoms with Crippen molar-refractivity contribution in [2.75, 3.05) is 5.32 Å². The Morgan fingerprint density at radius 2 is 1.25 bits per heavy atom. The number of imide groups is 1. The number of carboxylic acid groups (broad SMARTS) is 1. The van der Waals surface area contributed by atoms with Gasteiger partial charge >= 0.3 is 12.1 Å². The lowest BCUT2D eigenvalue weighted by atomic mass is 9.76. The molecule has 5 aromatic carbocycles. The Morgan fingerprint density at radius 3 is 1.73 bits per heavy atom. The molecule has 2 atom stereocenters. The lowest BCUT2D eigenvalue weighted by Gasteiger charge is -2.41. The molecule has 6 aromatic rings. The number of hydrogen-bond donors (Lipinski definition) is 4. The molecule has 0 fully saturated rings. The fourth-order valence-electron chi connectivity index (χ4n) is 6.39. The van der Waals surface area contributed by atoms with Crippen LogP contribution in [0.5, 0.6) is 0 Å². The van der Waals surface area contributed by atoms with Crippen LogP contribution in [0.3, 0.4) is 0 Å². The standard InChI is InChI=1S/C42H37N5O6S2/c48-35(49)27-26-34(44-42(31-20-10-3-11-21-31,32-22-12-4-13-23-32)33-24-14-5-15-25-33)38(51)47(41(52)53-28-29-16-6-1-7-17-29)36(30-18-8-2-9-19-30)37(50)43-39-45-46-40(54)55-39/h1-25,34,36,44H,26-28H2,(H,46,54)(H,48,49)(H,43,45,50)/t34-,36?/m0/s1. The van der Waals surface area contributed by atoms with Gasteiger partial charge in [-0.2, -0.15) is 0 Å². The maximum absolute atomic E-state index is 15.4. The Bertz CT molecular complexity index is 2160. The SMILES string of the molecule is O=C(O)CC[C@H](NC(c1ccccc1)(c1ccccc1)c1ccccc1)C(=O)N(C(=O)OCc1ccccc1)C(C(=O)Nc1n[nH]c(=S)s1)c1ccccc1. The lowest BCUT2D eigenvalue weighted by Crippen LogP contribution is -2.58. The predicted molar refractivity (Wildman–Crippen MR) is 212 cm³/mol. The summed E-state index contributed by atoms with van der Waals surface area (Å²) in [5, 5.41) is 23.0. The molecular weight excluding hydrogens is 735 g/mol. The number of amides is 3. The Kier molecular flexibility index (Phi) is 12.7. The fourth-order valence-corrected chi connectivity index (χ4v) is 7.18. The molecule has 0 aliphatic carbocycles. The monoisotopic (exact) mass is 771 g/mol. The zero-order valence-electron chi connectivity index (χ0n) is 29.4. The van der Waals surface area contributed by atoms with Gasteiger partial charge in [0.15, 0.2) is 3.95 Å². The molecule has 0 radical (unpaired) electrons. The number of benzene rings is 5. The minimum Gasteiger partial charge on any atom is -0.481 e. The van der Waals surface area contributed by atoms with Gasteiger partial charge < -0.3 is 9.84 Å². The van der Waals surface area contributed by atoms with E-state index >= 15 is 4.79 Å².